The topological polar surface area (TPSA) is 49.7 Å². The average Bonchev–Trinajstić information content (AvgIpc) is 2.73. The van der Waals surface area contributed by atoms with Gasteiger partial charge >= 0.3 is 5.97 Å². The molecular weight excluding hydrogens is 262 g/mol. The minimum absolute atomic E-state index is 0.236. The second-order valence-corrected chi connectivity index (χ2v) is 5.51. The number of aliphatic imine (C=N–C) groups is 1. The van der Waals surface area contributed by atoms with Crippen molar-refractivity contribution in [3.8, 4) is 0 Å². The molecular formula is C15H14ClNO2. The van der Waals surface area contributed by atoms with Crippen molar-refractivity contribution in [3.05, 3.63) is 34.9 Å². The molecule has 3 nitrogen and oxygen atoms in total. The number of nitrogens with zero attached hydrogens (tertiary/aromatic N) is 1. The molecule has 19 heavy (non-hydrogen) atoms. The lowest BCUT2D eigenvalue weighted by Crippen LogP contribution is -2.14. The van der Waals surface area contributed by atoms with E-state index in [0.29, 0.717) is 5.92 Å². The van der Waals surface area contributed by atoms with Crippen LogP contribution in [0.2, 0.25) is 5.02 Å². The van der Waals surface area contributed by atoms with Crippen LogP contribution in [0.15, 0.2) is 29.3 Å². The summed E-state index contributed by atoms with van der Waals surface area (Å²) < 4.78 is 0. The van der Waals surface area contributed by atoms with E-state index >= 15 is 0 Å². The average molecular weight is 276 g/mol. The van der Waals surface area contributed by atoms with Gasteiger partial charge in [-0.1, -0.05) is 17.7 Å². The summed E-state index contributed by atoms with van der Waals surface area (Å²) in [4.78, 5) is 15.3. The van der Waals surface area contributed by atoms with E-state index in [9.17, 15) is 4.79 Å². The summed E-state index contributed by atoms with van der Waals surface area (Å²) >= 11 is 6.02. The maximum Gasteiger partial charge on any atom is 0.303 e. The van der Waals surface area contributed by atoms with Crippen molar-refractivity contribution >= 4 is 34.5 Å². The van der Waals surface area contributed by atoms with Crippen LogP contribution >= 0.6 is 11.6 Å². The van der Waals surface area contributed by atoms with Gasteiger partial charge in [0, 0.05) is 28.3 Å². The van der Waals surface area contributed by atoms with Gasteiger partial charge in [0.2, 0.25) is 0 Å². The lowest BCUT2D eigenvalue weighted by atomic mass is 9.84. The van der Waals surface area contributed by atoms with Gasteiger partial charge in [-0.3, -0.25) is 9.79 Å². The first-order valence-corrected chi connectivity index (χ1v) is 6.81. The summed E-state index contributed by atoms with van der Waals surface area (Å²) in [5.41, 5.74) is 4.35. The fraction of sp³-hybridized carbons (Fsp3) is 0.333. The fourth-order valence-electron chi connectivity index (χ4n) is 2.75. The molecule has 1 heterocycles. The van der Waals surface area contributed by atoms with E-state index in [1.54, 1.807) is 0 Å². The first kappa shape index (κ1) is 12.4. The van der Waals surface area contributed by atoms with E-state index in [4.69, 9.17) is 16.7 Å². The maximum absolute atomic E-state index is 10.6. The number of carbonyl (C=O) groups is 1. The lowest BCUT2D eigenvalue weighted by Gasteiger charge is -2.20. The third-order valence-corrected chi connectivity index (χ3v) is 3.95. The minimum Gasteiger partial charge on any atom is -0.481 e. The highest BCUT2D eigenvalue weighted by atomic mass is 35.5. The Morgan fingerprint density at radius 3 is 3.11 bits per heavy atom. The largest absolute Gasteiger partial charge is 0.481 e. The molecule has 0 aromatic heterocycles. The molecule has 1 aliphatic carbocycles. The molecule has 1 N–H and O–H groups in total. The van der Waals surface area contributed by atoms with Crippen molar-refractivity contribution < 1.29 is 9.90 Å². The highest BCUT2D eigenvalue weighted by Gasteiger charge is 2.27. The van der Waals surface area contributed by atoms with E-state index in [0.717, 1.165) is 41.2 Å². The molecule has 2 aliphatic rings. The highest BCUT2D eigenvalue weighted by Crippen LogP contribution is 2.41. The van der Waals surface area contributed by atoms with Gasteiger partial charge in [0.1, 0.15) is 0 Å². The number of carboxylic acid groups (broad SMARTS) is 1. The number of rotatable bonds is 3. The summed E-state index contributed by atoms with van der Waals surface area (Å²) in [5, 5.41) is 9.47. The molecule has 1 aromatic carbocycles. The number of allylic oxidation sites excluding steroid dienone is 2. The zero-order valence-corrected chi connectivity index (χ0v) is 11.2. The SMILES string of the molecule is O=C(O)CCC1CC=C2C(=Nc3ccc(Cl)cc32)C1. The Morgan fingerprint density at radius 2 is 2.32 bits per heavy atom. The maximum atomic E-state index is 10.6. The van der Waals surface area contributed by atoms with Gasteiger partial charge in [0.25, 0.3) is 0 Å². The molecule has 0 saturated carbocycles. The Balaban J connectivity index is 1.81. The van der Waals surface area contributed by atoms with E-state index in [1.807, 2.05) is 18.2 Å². The molecule has 4 heteroatoms. The van der Waals surface area contributed by atoms with Crippen molar-refractivity contribution in [2.24, 2.45) is 10.9 Å². The monoisotopic (exact) mass is 275 g/mol. The fourth-order valence-corrected chi connectivity index (χ4v) is 2.93. The van der Waals surface area contributed by atoms with Crippen LogP contribution in [-0.2, 0) is 4.79 Å². The van der Waals surface area contributed by atoms with Crippen LogP contribution in [0.4, 0.5) is 5.69 Å². The molecule has 0 bridgehead atoms. The zero-order chi connectivity index (χ0) is 13.4. The van der Waals surface area contributed by atoms with Crippen molar-refractivity contribution in [1.82, 2.24) is 0 Å². The van der Waals surface area contributed by atoms with Crippen LogP contribution in [0.5, 0.6) is 0 Å². The first-order valence-electron chi connectivity index (χ1n) is 6.43. The van der Waals surface area contributed by atoms with Gasteiger partial charge in [-0.15, -0.1) is 0 Å². The lowest BCUT2D eigenvalue weighted by molar-refractivity contribution is -0.137. The molecule has 0 fully saturated rings. The van der Waals surface area contributed by atoms with Gasteiger partial charge in [-0.25, -0.2) is 0 Å². The first-order chi connectivity index (χ1) is 9.13. The van der Waals surface area contributed by atoms with E-state index in [1.165, 1.54) is 5.57 Å². The number of halogens is 1. The Bertz CT molecular complexity index is 604. The Labute approximate surface area is 116 Å². The van der Waals surface area contributed by atoms with Gasteiger partial charge in [0.15, 0.2) is 0 Å². The zero-order valence-electron chi connectivity index (χ0n) is 10.4. The quantitative estimate of drug-likeness (QED) is 0.903. The standard InChI is InChI=1S/C15H14ClNO2/c16-10-3-5-13-12(8-10)11-4-1-9(2-6-15(18)19)7-14(11)17-13/h3-5,8-9H,1-2,6-7H2,(H,18,19). The summed E-state index contributed by atoms with van der Waals surface area (Å²) in [6, 6.07) is 5.75. The molecule has 1 aliphatic heterocycles. The van der Waals surface area contributed by atoms with Crippen LogP contribution in [0.1, 0.15) is 31.2 Å². The van der Waals surface area contributed by atoms with Crippen molar-refractivity contribution in [1.29, 1.82) is 0 Å². The minimum atomic E-state index is -0.724. The number of fused-ring (bicyclic) bond motifs is 3. The normalized spacial score (nSPS) is 20.4. The molecule has 98 valence electrons. The molecule has 0 saturated heterocycles. The summed E-state index contributed by atoms with van der Waals surface area (Å²) in [5.74, 6) is -0.332. The van der Waals surface area contributed by atoms with Crippen molar-refractivity contribution in [2.75, 3.05) is 0 Å². The molecule has 0 spiro atoms. The third kappa shape index (κ3) is 2.43. The van der Waals surface area contributed by atoms with Gasteiger partial charge < -0.3 is 5.11 Å². The number of aliphatic carboxylic acids is 1. The third-order valence-electron chi connectivity index (χ3n) is 3.72. The number of carboxylic acids is 1. The van der Waals surface area contributed by atoms with Gasteiger partial charge in [-0.05, 0) is 43.4 Å². The van der Waals surface area contributed by atoms with Gasteiger partial charge in [0.05, 0.1) is 5.69 Å². The van der Waals surface area contributed by atoms with E-state index in [2.05, 4.69) is 11.1 Å². The molecule has 3 rings (SSSR count). The highest BCUT2D eigenvalue weighted by molar-refractivity contribution is 6.33. The second kappa shape index (κ2) is 4.82. The van der Waals surface area contributed by atoms with Crippen LogP contribution in [0, 0.1) is 5.92 Å². The van der Waals surface area contributed by atoms with Gasteiger partial charge in [-0.2, -0.15) is 0 Å². The van der Waals surface area contributed by atoms with Crippen LogP contribution < -0.4 is 0 Å². The number of hydrogen-bond acceptors (Lipinski definition) is 2. The second-order valence-electron chi connectivity index (χ2n) is 5.08. The smallest absolute Gasteiger partial charge is 0.303 e. The predicted molar refractivity (Wildman–Crippen MR) is 76.1 cm³/mol. The van der Waals surface area contributed by atoms with E-state index < -0.39 is 5.97 Å². The van der Waals surface area contributed by atoms with Crippen LogP contribution in [-0.4, -0.2) is 16.8 Å². The molecule has 0 radical (unpaired) electrons. The van der Waals surface area contributed by atoms with Crippen LogP contribution in [0.25, 0.3) is 5.57 Å². The molecule has 0 amide bonds. The summed E-state index contributed by atoms with van der Waals surface area (Å²) in [6.07, 6.45) is 4.92. The van der Waals surface area contributed by atoms with Crippen molar-refractivity contribution in [3.63, 3.8) is 0 Å². The Kier molecular flexibility index (Phi) is 3.15. The number of hydrogen-bond donors (Lipinski definition) is 1. The molecule has 1 unspecified atom stereocenters. The summed E-state index contributed by atoms with van der Waals surface area (Å²) in [6.45, 7) is 0. The van der Waals surface area contributed by atoms with Crippen molar-refractivity contribution in [2.45, 2.75) is 25.7 Å². The Hall–Kier alpha value is -1.61. The summed E-state index contributed by atoms with van der Waals surface area (Å²) in [7, 11) is 0. The molecule has 1 atom stereocenters. The van der Waals surface area contributed by atoms with E-state index in [-0.39, 0.29) is 6.42 Å². The predicted octanol–water partition coefficient (Wildman–Crippen LogP) is 4.08. The Morgan fingerprint density at radius 1 is 1.47 bits per heavy atom. The van der Waals surface area contributed by atoms with Crippen LogP contribution in [0.3, 0.4) is 0 Å². The number of benzene rings is 1. The molecule has 1 aromatic rings.